The lowest BCUT2D eigenvalue weighted by molar-refractivity contribution is -0.384. The molecule has 2 aromatic carbocycles. The molecule has 3 aromatic rings. The number of nitrogens with one attached hydrogen (secondary N) is 1. The minimum Gasteiger partial charge on any atom is -0.334 e. The smallest absolute Gasteiger partial charge is 0.269 e. The number of amides is 1. The highest BCUT2D eigenvalue weighted by Gasteiger charge is 2.18. The van der Waals surface area contributed by atoms with E-state index in [9.17, 15) is 19.7 Å². The summed E-state index contributed by atoms with van der Waals surface area (Å²) < 4.78 is 0. The van der Waals surface area contributed by atoms with Gasteiger partial charge in [0.15, 0.2) is 0 Å². The van der Waals surface area contributed by atoms with Crippen molar-refractivity contribution in [2.75, 3.05) is 6.54 Å². The largest absolute Gasteiger partial charge is 0.334 e. The Kier molecular flexibility index (Phi) is 5.54. The van der Waals surface area contributed by atoms with E-state index in [-0.39, 0.29) is 23.7 Å². The summed E-state index contributed by atoms with van der Waals surface area (Å²) in [6.45, 7) is 4.55. The third-order valence-corrected chi connectivity index (χ3v) is 4.55. The van der Waals surface area contributed by atoms with E-state index in [0.29, 0.717) is 17.7 Å². The molecule has 0 aliphatic carbocycles. The first-order valence-electron chi connectivity index (χ1n) is 9.05. The molecular weight excluding hydrogens is 358 g/mol. The number of pyridine rings is 1. The standard InChI is InChI=1S/C21H21N3O4/c1-3-10-23(21(26)15-6-8-18(9-7-15)24(27)28)13-17-12-16-5-4-14(2)11-19(16)22-20(17)25/h4-9,11-12H,3,10,13H2,1-2H3,(H,22,25). The van der Waals surface area contributed by atoms with Crippen LogP contribution in [0.1, 0.15) is 34.8 Å². The van der Waals surface area contributed by atoms with Crippen molar-refractivity contribution in [3.63, 3.8) is 0 Å². The predicted molar refractivity (Wildman–Crippen MR) is 107 cm³/mol. The molecule has 28 heavy (non-hydrogen) atoms. The van der Waals surface area contributed by atoms with Crippen LogP contribution in [0.5, 0.6) is 0 Å². The second-order valence-corrected chi connectivity index (χ2v) is 6.75. The number of aryl methyl sites for hydroxylation is 1. The molecule has 1 amide bonds. The minimum atomic E-state index is -0.506. The van der Waals surface area contributed by atoms with Crippen LogP contribution in [0.15, 0.2) is 53.3 Å². The zero-order valence-corrected chi connectivity index (χ0v) is 15.8. The van der Waals surface area contributed by atoms with E-state index in [1.807, 2.05) is 32.0 Å². The zero-order valence-electron chi connectivity index (χ0n) is 15.8. The van der Waals surface area contributed by atoms with Crippen LogP contribution in [0.3, 0.4) is 0 Å². The van der Waals surface area contributed by atoms with Gasteiger partial charge in [-0.15, -0.1) is 0 Å². The topological polar surface area (TPSA) is 96.3 Å². The van der Waals surface area contributed by atoms with E-state index in [4.69, 9.17) is 0 Å². The van der Waals surface area contributed by atoms with Crippen LogP contribution in [0, 0.1) is 17.0 Å². The number of aromatic amines is 1. The molecule has 0 saturated carbocycles. The summed E-state index contributed by atoms with van der Waals surface area (Å²) in [6, 6.07) is 13.1. The maximum Gasteiger partial charge on any atom is 0.269 e. The number of carbonyl (C=O) groups excluding carboxylic acids is 1. The van der Waals surface area contributed by atoms with E-state index in [1.165, 1.54) is 24.3 Å². The average Bonchev–Trinajstić information content (AvgIpc) is 2.67. The fourth-order valence-electron chi connectivity index (χ4n) is 3.11. The van der Waals surface area contributed by atoms with Gasteiger partial charge in [0, 0.05) is 35.3 Å². The first-order valence-corrected chi connectivity index (χ1v) is 9.05. The molecule has 0 radical (unpaired) electrons. The number of hydrogen-bond donors (Lipinski definition) is 1. The van der Waals surface area contributed by atoms with Crippen molar-refractivity contribution in [1.82, 2.24) is 9.88 Å². The number of H-pyrrole nitrogens is 1. The molecule has 0 bridgehead atoms. The van der Waals surface area contributed by atoms with E-state index < -0.39 is 4.92 Å². The summed E-state index contributed by atoms with van der Waals surface area (Å²) in [4.78, 5) is 40.1. The number of carbonyl (C=O) groups is 1. The van der Waals surface area contributed by atoms with Crippen molar-refractivity contribution in [2.24, 2.45) is 0 Å². The van der Waals surface area contributed by atoms with Crippen LogP contribution in [0.25, 0.3) is 10.9 Å². The van der Waals surface area contributed by atoms with E-state index in [1.54, 1.807) is 11.0 Å². The van der Waals surface area contributed by atoms with Crippen molar-refractivity contribution < 1.29 is 9.72 Å². The van der Waals surface area contributed by atoms with Gasteiger partial charge in [-0.05, 0) is 48.6 Å². The molecule has 0 atom stereocenters. The molecule has 3 rings (SSSR count). The van der Waals surface area contributed by atoms with Gasteiger partial charge in [0.25, 0.3) is 17.2 Å². The summed E-state index contributed by atoms with van der Waals surface area (Å²) in [5.41, 5.74) is 2.37. The molecule has 1 heterocycles. The monoisotopic (exact) mass is 379 g/mol. The van der Waals surface area contributed by atoms with Crippen LogP contribution in [-0.2, 0) is 6.54 Å². The van der Waals surface area contributed by atoms with Gasteiger partial charge in [0.1, 0.15) is 0 Å². The Bertz CT molecular complexity index is 1090. The molecule has 1 N–H and O–H groups in total. The lowest BCUT2D eigenvalue weighted by Gasteiger charge is -2.22. The van der Waals surface area contributed by atoms with E-state index in [0.717, 1.165) is 22.9 Å². The van der Waals surface area contributed by atoms with Gasteiger partial charge in [-0.3, -0.25) is 19.7 Å². The van der Waals surface area contributed by atoms with Crippen LogP contribution in [-0.4, -0.2) is 27.3 Å². The van der Waals surface area contributed by atoms with E-state index >= 15 is 0 Å². The number of nitrogens with zero attached hydrogens (tertiary/aromatic N) is 2. The summed E-state index contributed by atoms with van der Waals surface area (Å²) in [5, 5.41) is 11.7. The van der Waals surface area contributed by atoms with Gasteiger partial charge in [-0.25, -0.2) is 0 Å². The van der Waals surface area contributed by atoms with Crippen LogP contribution < -0.4 is 5.56 Å². The molecule has 0 aliphatic heterocycles. The SMILES string of the molecule is CCCN(Cc1cc2ccc(C)cc2[nH]c1=O)C(=O)c1ccc([N+](=O)[O-])cc1. The molecule has 0 unspecified atom stereocenters. The average molecular weight is 379 g/mol. The normalized spacial score (nSPS) is 10.8. The molecular formula is C21H21N3O4. The van der Waals surface area contributed by atoms with Crippen molar-refractivity contribution in [3.05, 3.63) is 85.7 Å². The molecule has 0 fully saturated rings. The van der Waals surface area contributed by atoms with Crippen molar-refractivity contribution in [2.45, 2.75) is 26.8 Å². The Morgan fingerprint density at radius 2 is 1.86 bits per heavy atom. The summed E-state index contributed by atoms with van der Waals surface area (Å²) in [6.07, 6.45) is 0.726. The number of aromatic nitrogens is 1. The Balaban J connectivity index is 1.90. The number of non-ortho nitro benzene ring substituents is 1. The molecule has 144 valence electrons. The van der Waals surface area contributed by atoms with Crippen molar-refractivity contribution in [3.8, 4) is 0 Å². The Labute approximate surface area is 161 Å². The first kappa shape index (κ1) is 19.3. The van der Waals surface area contributed by atoms with Crippen molar-refractivity contribution in [1.29, 1.82) is 0 Å². The number of benzene rings is 2. The molecule has 7 heteroatoms. The predicted octanol–water partition coefficient (Wildman–Crippen LogP) is 3.80. The molecule has 1 aromatic heterocycles. The Morgan fingerprint density at radius 3 is 2.50 bits per heavy atom. The minimum absolute atomic E-state index is 0.0696. The lowest BCUT2D eigenvalue weighted by atomic mass is 10.1. The number of rotatable bonds is 6. The van der Waals surface area contributed by atoms with Gasteiger partial charge in [0.2, 0.25) is 0 Å². The van der Waals surface area contributed by atoms with Gasteiger partial charge in [-0.2, -0.15) is 0 Å². The summed E-state index contributed by atoms with van der Waals surface area (Å²) >= 11 is 0. The molecule has 7 nitrogen and oxygen atoms in total. The maximum absolute atomic E-state index is 12.9. The molecule has 0 saturated heterocycles. The molecule has 0 spiro atoms. The summed E-state index contributed by atoms with van der Waals surface area (Å²) in [5.74, 6) is -0.264. The number of fused-ring (bicyclic) bond motifs is 1. The highest BCUT2D eigenvalue weighted by Crippen LogP contribution is 2.17. The third-order valence-electron chi connectivity index (χ3n) is 4.55. The Morgan fingerprint density at radius 1 is 1.14 bits per heavy atom. The zero-order chi connectivity index (χ0) is 20.3. The fraction of sp³-hybridized carbons (Fsp3) is 0.238. The second-order valence-electron chi connectivity index (χ2n) is 6.75. The van der Waals surface area contributed by atoms with Gasteiger partial charge < -0.3 is 9.88 Å². The lowest BCUT2D eigenvalue weighted by Crippen LogP contribution is -2.33. The summed E-state index contributed by atoms with van der Waals surface area (Å²) in [7, 11) is 0. The quantitative estimate of drug-likeness (QED) is 0.520. The van der Waals surface area contributed by atoms with Gasteiger partial charge in [0.05, 0.1) is 11.5 Å². The van der Waals surface area contributed by atoms with Crippen LogP contribution in [0.4, 0.5) is 5.69 Å². The van der Waals surface area contributed by atoms with Crippen LogP contribution in [0.2, 0.25) is 0 Å². The van der Waals surface area contributed by atoms with E-state index in [2.05, 4.69) is 4.98 Å². The fourth-order valence-corrected chi connectivity index (χ4v) is 3.11. The Hall–Kier alpha value is -3.48. The van der Waals surface area contributed by atoms with Crippen molar-refractivity contribution >= 4 is 22.5 Å². The van der Waals surface area contributed by atoms with Gasteiger partial charge in [-0.1, -0.05) is 19.1 Å². The van der Waals surface area contributed by atoms with Crippen LogP contribution >= 0.6 is 0 Å². The first-order chi connectivity index (χ1) is 13.4. The highest BCUT2D eigenvalue weighted by molar-refractivity contribution is 5.94. The third kappa shape index (κ3) is 4.09. The number of nitro benzene ring substituents is 1. The van der Waals surface area contributed by atoms with Gasteiger partial charge >= 0.3 is 0 Å². The number of nitro groups is 1. The number of hydrogen-bond acceptors (Lipinski definition) is 4. The second kappa shape index (κ2) is 8.04. The highest BCUT2D eigenvalue weighted by atomic mass is 16.6. The maximum atomic E-state index is 12.9. The molecule has 0 aliphatic rings.